The summed E-state index contributed by atoms with van der Waals surface area (Å²) in [6.45, 7) is 1.82. The molecule has 0 radical (unpaired) electrons. The molecule has 2 aromatic carbocycles. The summed E-state index contributed by atoms with van der Waals surface area (Å²) >= 11 is 3.17. The van der Waals surface area contributed by atoms with Crippen LogP contribution in [0.1, 0.15) is 17.3 Å². The van der Waals surface area contributed by atoms with Crippen molar-refractivity contribution < 1.29 is 23.9 Å². The van der Waals surface area contributed by atoms with Crippen molar-refractivity contribution in [3.05, 3.63) is 48.0 Å². The topological polar surface area (TPSA) is 106 Å². The number of carbonyl (C=O) groups excluding carboxylic acids is 3. The second-order valence-corrected chi connectivity index (χ2v) is 7.04. The molecular formula is C18H16BrN3O5. The lowest BCUT2D eigenvalue weighted by atomic mass is 10.2. The lowest BCUT2D eigenvalue weighted by Crippen LogP contribution is -2.34. The van der Waals surface area contributed by atoms with Gasteiger partial charge in [0.15, 0.2) is 11.5 Å². The predicted molar refractivity (Wildman–Crippen MR) is 103 cm³/mol. The van der Waals surface area contributed by atoms with Gasteiger partial charge in [-0.25, -0.2) is 4.79 Å². The molecule has 0 spiro atoms. The molecule has 1 heterocycles. The van der Waals surface area contributed by atoms with Crippen molar-refractivity contribution >= 4 is 45.2 Å². The fourth-order valence-corrected chi connectivity index (χ4v) is 2.41. The van der Waals surface area contributed by atoms with Crippen LogP contribution < -0.4 is 25.4 Å². The summed E-state index contributed by atoms with van der Waals surface area (Å²) in [5.74, 6) is 0.265. The maximum atomic E-state index is 12.3. The van der Waals surface area contributed by atoms with Crippen LogP contribution >= 0.6 is 15.9 Å². The van der Waals surface area contributed by atoms with Crippen LogP contribution in [0.3, 0.4) is 0 Å². The SMILES string of the molecule is CC(Br)C(=O)Nc1cccc(C(=O)NC(=O)Nc2ccc3c(c2)OCO3)c1. The van der Waals surface area contributed by atoms with Crippen molar-refractivity contribution in [2.45, 2.75) is 11.8 Å². The number of ether oxygens (including phenoxy) is 2. The van der Waals surface area contributed by atoms with E-state index in [9.17, 15) is 14.4 Å². The number of fused-ring (bicyclic) bond motifs is 1. The average Bonchev–Trinajstić information content (AvgIpc) is 3.09. The number of imide groups is 1. The maximum Gasteiger partial charge on any atom is 0.326 e. The largest absolute Gasteiger partial charge is 0.454 e. The second-order valence-electron chi connectivity index (χ2n) is 5.66. The number of halogens is 1. The minimum Gasteiger partial charge on any atom is -0.454 e. The van der Waals surface area contributed by atoms with Crippen LogP contribution in [0.4, 0.5) is 16.2 Å². The number of anilines is 2. The van der Waals surface area contributed by atoms with E-state index < -0.39 is 11.9 Å². The van der Waals surface area contributed by atoms with Crippen LogP contribution in [-0.4, -0.2) is 29.5 Å². The highest BCUT2D eigenvalue weighted by Gasteiger charge is 2.16. The van der Waals surface area contributed by atoms with Gasteiger partial charge in [-0.15, -0.1) is 0 Å². The zero-order valence-electron chi connectivity index (χ0n) is 14.2. The molecule has 0 fully saturated rings. The van der Waals surface area contributed by atoms with Crippen molar-refractivity contribution in [2.24, 2.45) is 0 Å². The molecule has 1 atom stereocenters. The number of amides is 4. The van der Waals surface area contributed by atoms with Crippen molar-refractivity contribution in [3.8, 4) is 11.5 Å². The molecule has 140 valence electrons. The number of hydrogen-bond donors (Lipinski definition) is 3. The standard InChI is InChI=1S/C18H16BrN3O5/c1-10(19)16(23)20-12-4-2-3-11(7-12)17(24)22-18(25)21-13-5-6-14-15(8-13)27-9-26-14/h2-8,10H,9H2,1H3,(H,20,23)(H2,21,22,24,25). The maximum absolute atomic E-state index is 12.3. The lowest BCUT2D eigenvalue weighted by Gasteiger charge is -2.10. The first-order valence-electron chi connectivity index (χ1n) is 7.99. The Morgan fingerprint density at radius 3 is 2.52 bits per heavy atom. The van der Waals surface area contributed by atoms with Gasteiger partial charge in [0.1, 0.15) is 0 Å². The van der Waals surface area contributed by atoms with Gasteiger partial charge in [-0.2, -0.15) is 0 Å². The zero-order chi connectivity index (χ0) is 19.4. The molecule has 1 aliphatic rings. The van der Waals surface area contributed by atoms with E-state index in [-0.39, 0.29) is 23.1 Å². The van der Waals surface area contributed by atoms with Crippen LogP contribution in [0.2, 0.25) is 0 Å². The van der Waals surface area contributed by atoms with Crippen molar-refractivity contribution in [3.63, 3.8) is 0 Å². The summed E-state index contributed by atoms with van der Waals surface area (Å²) in [4.78, 5) is 35.7. The zero-order valence-corrected chi connectivity index (χ0v) is 15.8. The lowest BCUT2D eigenvalue weighted by molar-refractivity contribution is -0.115. The van der Waals surface area contributed by atoms with Gasteiger partial charge in [0, 0.05) is 23.0 Å². The molecular weight excluding hydrogens is 418 g/mol. The average molecular weight is 434 g/mol. The minimum absolute atomic E-state index is 0.129. The van der Waals surface area contributed by atoms with E-state index in [2.05, 4.69) is 31.9 Å². The third-order valence-corrected chi connectivity index (χ3v) is 4.03. The third-order valence-electron chi connectivity index (χ3n) is 3.61. The molecule has 3 rings (SSSR count). The fourth-order valence-electron chi connectivity index (χ4n) is 2.29. The highest BCUT2D eigenvalue weighted by Crippen LogP contribution is 2.34. The van der Waals surface area contributed by atoms with Gasteiger partial charge in [-0.1, -0.05) is 22.0 Å². The first-order chi connectivity index (χ1) is 12.9. The summed E-state index contributed by atoms with van der Waals surface area (Å²) in [5.41, 5.74) is 1.14. The number of alkyl halides is 1. The third kappa shape index (κ3) is 4.76. The monoisotopic (exact) mass is 433 g/mol. The van der Waals surface area contributed by atoms with E-state index >= 15 is 0 Å². The second kappa shape index (κ2) is 8.09. The van der Waals surface area contributed by atoms with Crippen LogP contribution in [0.5, 0.6) is 11.5 Å². The minimum atomic E-state index is -0.692. The number of benzene rings is 2. The highest BCUT2D eigenvalue weighted by atomic mass is 79.9. The van der Waals surface area contributed by atoms with Crippen LogP contribution in [0.15, 0.2) is 42.5 Å². The van der Waals surface area contributed by atoms with E-state index in [1.165, 1.54) is 12.1 Å². The molecule has 0 saturated carbocycles. The molecule has 4 amide bonds. The number of nitrogens with one attached hydrogen (secondary N) is 3. The summed E-state index contributed by atoms with van der Waals surface area (Å²) in [5, 5.41) is 7.45. The first-order valence-corrected chi connectivity index (χ1v) is 8.91. The van der Waals surface area contributed by atoms with Crippen molar-refractivity contribution in [1.82, 2.24) is 5.32 Å². The molecule has 1 unspecified atom stereocenters. The Labute approximate surface area is 163 Å². The van der Waals surface area contributed by atoms with Crippen LogP contribution in [0, 0.1) is 0 Å². The summed E-state index contributed by atoms with van der Waals surface area (Å²) in [6, 6.07) is 10.5. The van der Waals surface area contributed by atoms with E-state index in [1.54, 1.807) is 37.3 Å². The number of urea groups is 1. The Balaban J connectivity index is 1.61. The normalized spacial score (nSPS) is 12.8. The molecule has 8 nitrogen and oxygen atoms in total. The molecule has 0 aromatic heterocycles. The van der Waals surface area contributed by atoms with Gasteiger partial charge in [-0.05, 0) is 37.3 Å². The van der Waals surface area contributed by atoms with Gasteiger partial charge in [0.25, 0.3) is 5.91 Å². The number of hydrogen-bond acceptors (Lipinski definition) is 5. The highest BCUT2D eigenvalue weighted by molar-refractivity contribution is 9.10. The summed E-state index contributed by atoms with van der Waals surface area (Å²) in [7, 11) is 0. The molecule has 0 saturated heterocycles. The van der Waals surface area contributed by atoms with E-state index in [4.69, 9.17) is 9.47 Å². The van der Waals surface area contributed by atoms with Crippen molar-refractivity contribution in [2.75, 3.05) is 17.4 Å². The molecule has 3 N–H and O–H groups in total. The summed E-state index contributed by atoms with van der Waals surface area (Å²) < 4.78 is 10.4. The smallest absolute Gasteiger partial charge is 0.326 e. The van der Waals surface area contributed by atoms with E-state index in [0.717, 1.165) is 0 Å². The molecule has 0 bridgehead atoms. The Morgan fingerprint density at radius 1 is 1.00 bits per heavy atom. The number of rotatable bonds is 4. The Bertz CT molecular complexity index is 900. The van der Waals surface area contributed by atoms with Crippen LogP contribution in [-0.2, 0) is 4.79 Å². The van der Waals surface area contributed by atoms with E-state index in [1.807, 2.05) is 0 Å². The van der Waals surface area contributed by atoms with Crippen molar-refractivity contribution in [1.29, 1.82) is 0 Å². The fraction of sp³-hybridized carbons (Fsp3) is 0.167. The summed E-state index contributed by atoms with van der Waals surface area (Å²) in [6.07, 6.45) is 0. The van der Waals surface area contributed by atoms with Gasteiger partial charge in [0.2, 0.25) is 12.7 Å². The number of carbonyl (C=O) groups is 3. The predicted octanol–water partition coefficient (Wildman–Crippen LogP) is 3.10. The molecule has 9 heteroatoms. The Morgan fingerprint density at radius 2 is 1.74 bits per heavy atom. The van der Waals surface area contributed by atoms with Gasteiger partial charge in [0.05, 0.1) is 4.83 Å². The van der Waals surface area contributed by atoms with Gasteiger partial charge < -0.3 is 20.1 Å². The Kier molecular flexibility index (Phi) is 5.60. The van der Waals surface area contributed by atoms with E-state index in [0.29, 0.717) is 22.9 Å². The molecule has 0 aliphatic carbocycles. The van der Waals surface area contributed by atoms with Gasteiger partial charge in [-0.3, -0.25) is 14.9 Å². The van der Waals surface area contributed by atoms with Crippen LogP contribution in [0.25, 0.3) is 0 Å². The van der Waals surface area contributed by atoms with Gasteiger partial charge >= 0.3 is 6.03 Å². The first kappa shape index (κ1) is 18.7. The Hall–Kier alpha value is -3.07. The molecule has 27 heavy (non-hydrogen) atoms. The molecule has 1 aliphatic heterocycles. The molecule has 2 aromatic rings. The quantitative estimate of drug-likeness (QED) is 0.642.